The number of halogens is 2. The standard InChI is InChI=1S/C28H32F2N4O5/c1-36-23-11-17(12-24(39-28(29)30)26(23)27(35)32-18-3-4-18)22-14-31-25-13-21(7-9-34(22)25)38-10-2-8-33-19-5-6-20(33)16-37-15-19/h7,9,11-14,18-20,28H,2-6,8,10,15-16H2,1H3,(H,32,35). The summed E-state index contributed by atoms with van der Waals surface area (Å²) in [7, 11) is 1.39. The molecule has 2 aliphatic heterocycles. The topological polar surface area (TPSA) is 86.6 Å². The van der Waals surface area contributed by atoms with E-state index in [2.05, 4.69) is 15.2 Å². The van der Waals surface area contributed by atoms with E-state index in [-0.39, 0.29) is 23.1 Å². The summed E-state index contributed by atoms with van der Waals surface area (Å²) in [4.78, 5) is 19.8. The van der Waals surface area contributed by atoms with Gasteiger partial charge in [0, 0.05) is 42.5 Å². The Balaban J connectivity index is 1.18. The lowest BCUT2D eigenvalue weighted by atomic mass is 10.1. The van der Waals surface area contributed by atoms with Crippen LogP contribution in [0.5, 0.6) is 17.2 Å². The quantitative estimate of drug-likeness (QED) is 0.365. The van der Waals surface area contributed by atoms with Gasteiger partial charge in [0.15, 0.2) is 0 Å². The molecule has 4 heterocycles. The zero-order valence-electron chi connectivity index (χ0n) is 21.8. The first-order valence-corrected chi connectivity index (χ1v) is 13.4. The molecule has 9 nitrogen and oxygen atoms in total. The van der Waals surface area contributed by atoms with Crippen LogP contribution in [-0.4, -0.2) is 78.4 Å². The molecule has 2 unspecified atom stereocenters. The number of methoxy groups -OCH3 is 1. The highest BCUT2D eigenvalue weighted by atomic mass is 19.3. The number of aromatic nitrogens is 2. The van der Waals surface area contributed by atoms with Crippen molar-refractivity contribution in [3.05, 3.63) is 42.2 Å². The fourth-order valence-electron chi connectivity index (χ4n) is 5.58. The van der Waals surface area contributed by atoms with Crippen molar-refractivity contribution in [3.63, 3.8) is 0 Å². The highest BCUT2D eigenvalue weighted by molar-refractivity contribution is 6.01. The van der Waals surface area contributed by atoms with Crippen molar-refractivity contribution in [1.82, 2.24) is 19.6 Å². The highest BCUT2D eigenvalue weighted by Crippen LogP contribution is 2.37. The largest absolute Gasteiger partial charge is 0.496 e. The third kappa shape index (κ3) is 5.51. The van der Waals surface area contributed by atoms with Gasteiger partial charge in [-0.2, -0.15) is 8.78 Å². The van der Waals surface area contributed by atoms with Gasteiger partial charge < -0.3 is 24.3 Å². The maximum Gasteiger partial charge on any atom is 0.387 e. The Morgan fingerprint density at radius 1 is 1.15 bits per heavy atom. The predicted molar refractivity (Wildman–Crippen MR) is 139 cm³/mol. The number of fused-ring (bicyclic) bond motifs is 3. The number of hydrogen-bond donors (Lipinski definition) is 1. The summed E-state index contributed by atoms with van der Waals surface area (Å²) in [6.07, 6.45) is 8.52. The Morgan fingerprint density at radius 2 is 1.92 bits per heavy atom. The van der Waals surface area contributed by atoms with Crippen molar-refractivity contribution in [3.8, 4) is 28.5 Å². The summed E-state index contributed by atoms with van der Waals surface area (Å²) in [5.41, 5.74) is 1.74. The minimum atomic E-state index is -3.10. The normalized spacial score (nSPS) is 20.9. The van der Waals surface area contributed by atoms with Crippen LogP contribution in [0.1, 0.15) is 42.5 Å². The molecule has 2 saturated heterocycles. The van der Waals surface area contributed by atoms with E-state index in [1.807, 2.05) is 22.7 Å². The summed E-state index contributed by atoms with van der Waals surface area (Å²) in [5.74, 6) is 0.0970. The van der Waals surface area contributed by atoms with E-state index in [1.54, 1.807) is 12.3 Å². The first kappa shape index (κ1) is 25.8. The Morgan fingerprint density at radius 3 is 2.64 bits per heavy atom. The second-order valence-corrected chi connectivity index (χ2v) is 10.3. The number of benzene rings is 1. The van der Waals surface area contributed by atoms with Gasteiger partial charge in [-0.25, -0.2) is 4.98 Å². The number of ether oxygens (including phenoxy) is 4. The maximum absolute atomic E-state index is 13.3. The summed E-state index contributed by atoms with van der Waals surface area (Å²) >= 11 is 0. The Labute approximate surface area is 225 Å². The van der Waals surface area contributed by atoms with Crippen molar-refractivity contribution < 1.29 is 32.5 Å². The maximum atomic E-state index is 13.3. The number of rotatable bonds is 11. The van der Waals surface area contributed by atoms with Gasteiger partial charge in [0.25, 0.3) is 5.91 Å². The first-order chi connectivity index (χ1) is 19.0. The zero-order valence-corrected chi connectivity index (χ0v) is 21.8. The number of imidazole rings is 1. The molecule has 2 bridgehead atoms. The monoisotopic (exact) mass is 542 g/mol. The fraction of sp³-hybridized carbons (Fsp3) is 0.500. The Bertz CT molecular complexity index is 1330. The van der Waals surface area contributed by atoms with E-state index in [0.29, 0.717) is 41.3 Å². The van der Waals surface area contributed by atoms with Crippen LogP contribution >= 0.6 is 0 Å². The molecule has 208 valence electrons. The molecular weight excluding hydrogens is 510 g/mol. The number of amides is 1. The van der Waals surface area contributed by atoms with E-state index in [0.717, 1.165) is 39.0 Å². The average molecular weight is 543 g/mol. The number of nitrogens with zero attached hydrogens (tertiary/aromatic N) is 3. The number of pyridine rings is 1. The molecule has 1 aromatic carbocycles. The van der Waals surface area contributed by atoms with Crippen LogP contribution in [0.25, 0.3) is 16.9 Å². The molecule has 1 N–H and O–H groups in total. The van der Waals surface area contributed by atoms with Crippen LogP contribution in [0.15, 0.2) is 36.7 Å². The van der Waals surface area contributed by atoms with E-state index in [4.69, 9.17) is 18.9 Å². The molecule has 1 saturated carbocycles. The molecule has 2 atom stereocenters. The molecule has 2 aromatic heterocycles. The highest BCUT2D eigenvalue weighted by Gasteiger charge is 2.36. The molecule has 0 spiro atoms. The predicted octanol–water partition coefficient (Wildman–Crippen LogP) is 4.14. The lowest BCUT2D eigenvalue weighted by Gasteiger charge is -2.34. The van der Waals surface area contributed by atoms with Gasteiger partial charge in [0.1, 0.15) is 28.5 Å². The van der Waals surface area contributed by atoms with E-state index in [1.165, 1.54) is 26.0 Å². The third-order valence-corrected chi connectivity index (χ3v) is 7.64. The van der Waals surface area contributed by atoms with Gasteiger partial charge in [-0.3, -0.25) is 14.1 Å². The third-order valence-electron chi connectivity index (χ3n) is 7.64. The van der Waals surface area contributed by atoms with Crippen LogP contribution < -0.4 is 19.5 Å². The van der Waals surface area contributed by atoms with E-state index >= 15 is 0 Å². The molecular formula is C28H32F2N4O5. The van der Waals surface area contributed by atoms with Gasteiger partial charge in [-0.05, 0) is 50.3 Å². The minimum Gasteiger partial charge on any atom is -0.496 e. The summed E-state index contributed by atoms with van der Waals surface area (Å²) in [6.45, 7) is 0.144. The lowest BCUT2D eigenvalue weighted by Crippen LogP contribution is -2.46. The van der Waals surface area contributed by atoms with Gasteiger partial charge >= 0.3 is 6.61 Å². The molecule has 6 rings (SSSR count). The number of nitrogens with one attached hydrogen (secondary N) is 1. The number of morpholine rings is 1. The Hall–Kier alpha value is -3.44. The van der Waals surface area contributed by atoms with Gasteiger partial charge in [0.05, 0.1) is 38.8 Å². The molecule has 39 heavy (non-hydrogen) atoms. The van der Waals surface area contributed by atoms with Crippen LogP contribution in [0.3, 0.4) is 0 Å². The average Bonchev–Trinajstić information content (AvgIpc) is 3.59. The van der Waals surface area contributed by atoms with Crippen LogP contribution in [0, 0.1) is 0 Å². The van der Waals surface area contributed by atoms with E-state index in [9.17, 15) is 13.6 Å². The molecule has 3 fully saturated rings. The number of carbonyl (C=O) groups is 1. The summed E-state index contributed by atoms with van der Waals surface area (Å²) in [5, 5.41) is 2.81. The van der Waals surface area contributed by atoms with Crippen molar-refractivity contribution in [2.75, 3.05) is 33.5 Å². The van der Waals surface area contributed by atoms with Crippen molar-refractivity contribution in [1.29, 1.82) is 0 Å². The van der Waals surface area contributed by atoms with Crippen LogP contribution in [-0.2, 0) is 4.74 Å². The second-order valence-electron chi connectivity index (χ2n) is 10.3. The molecule has 11 heteroatoms. The van der Waals surface area contributed by atoms with Crippen LogP contribution in [0.4, 0.5) is 8.78 Å². The molecule has 1 aliphatic carbocycles. The molecule has 1 amide bonds. The fourth-order valence-corrected chi connectivity index (χ4v) is 5.58. The minimum absolute atomic E-state index is 0.0472. The summed E-state index contributed by atoms with van der Waals surface area (Å²) in [6, 6.07) is 7.86. The van der Waals surface area contributed by atoms with Gasteiger partial charge in [0.2, 0.25) is 0 Å². The first-order valence-electron chi connectivity index (χ1n) is 13.4. The lowest BCUT2D eigenvalue weighted by molar-refractivity contribution is -0.0502. The number of alkyl halides is 2. The van der Waals surface area contributed by atoms with Gasteiger partial charge in [-0.1, -0.05) is 0 Å². The Kier molecular flexibility index (Phi) is 7.26. The van der Waals surface area contributed by atoms with Crippen molar-refractivity contribution in [2.24, 2.45) is 0 Å². The van der Waals surface area contributed by atoms with E-state index < -0.39 is 12.5 Å². The number of hydrogen-bond acceptors (Lipinski definition) is 7. The SMILES string of the molecule is COc1cc(-c2cnc3cc(OCCCN4C5CCC4COC5)ccn23)cc(OC(F)F)c1C(=O)NC1CC1. The second kappa shape index (κ2) is 11.0. The van der Waals surface area contributed by atoms with Crippen molar-refractivity contribution in [2.45, 2.75) is 56.8 Å². The van der Waals surface area contributed by atoms with Crippen LogP contribution in [0.2, 0.25) is 0 Å². The molecule has 3 aliphatic rings. The molecule has 3 aromatic rings. The summed E-state index contributed by atoms with van der Waals surface area (Å²) < 4.78 is 50.3. The van der Waals surface area contributed by atoms with Crippen molar-refractivity contribution >= 4 is 11.6 Å². The smallest absolute Gasteiger partial charge is 0.387 e. The zero-order chi connectivity index (χ0) is 26.9. The molecule has 0 radical (unpaired) electrons. The number of carbonyl (C=O) groups excluding carboxylic acids is 1. The van der Waals surface area contributed by atoms with Gasteiger partial charge in [-0.15, -0.1) is 0 Å².